The summed E-state index contributed by atoms with van der Waals surface area (Å²) in [4.78, 5) is 24.3. The Labute approximate surface area is 125 Å². The maximum Gasteiger partial charge on any atom is 0.327 e. The quantitative estimate of drug-likeness (QED) is 0.632. The number of halogens is 1. The molecule has 0 fully saturated rings. The van der Waals surface area contributed by atoms with Gasteiger partial charge in [-0.05, 0) is 19.1 Å². The lowest BCUT2D eigenvalue weighted by Gasteiger charge is -2.11. The van der Waals surface area contributed by atoms with E-state index in [0.717, 1.165) is 0 Å². The van der Waals surface area contributed by atoms with Crippen molar-refractivity contribution in [3.63, 3.8) is 0 Å². The van der Waals surface area contributed by atoms with Gasteiger partial charge in [-0.25, -0.2) is 0 Å². The van der Waals surface area contributed by atoms with Crippen LogP contribution >= 0.6 is 11.6 Å². The monoisotopic (exact) mass is 309 g/mol. The van der Waals surface area contributed by atoms with Crippen molar-refractivity contribution in [2.75, 3.05) is 19.0 Å². The highest BCUT2D eigenvalue weighted by molar-refractivity contribution is 6.30. The number of nitrogens with zero attached hydrogens (tertiary/aromatic N) is 5. The minimum atomic E-state index is -0.581. The Morgan fingerprint density at radius 1 is 1.29 bits per heavy atom. The van der Waals surface area contributed by atoms with Crippen LogP contribution in [0.25, 0.3) is 0 Å². The average Bonchev–Trinajstić information content (AvgIpc) is 2.40. The summed E-state index contributed by atoms with van der Waals surface area (Å²) in [6, 6.07) is 4.08. The van der Waals surface area contributed by atoms with Gasteiger partial charge < -0.3 is 9.64 Å². The maximum atomic E-state index is 11.0. The summed E-state index contributed by atoms with van der Waals surface area (Å²) < 4.78 is 5.41. The van der Waals surface area contributed by atoms with Gasteiger partial charge in [-0.3, -0.25) is 10.1 Å². The molecule has 0 atom stereocenters. The SMILES string of the molecule is Cc1nc(Oc2ccc(Cl)cc2[N+](=O)[O-])nc(N(C)C)n1. The van der Waals surface area contributed by atoms with Crippen LogP contribution in [-0.2, 0) is 0 Å². The molecule has 8 nitrogen and oxygen atoms in total. The molecule has 110 valence electrons. The van der Waals surface area contributed by atoms with Crippen LogP contribution in [0.5, 0.6) is 11.8 Å². The van der Waals surface area contributed by atoms with Crippen LogP contribution in [0, 0.1) is 17.0 Å². The summed E-state index contributed by atoms with van der Waals surface area (Å²) in [5.41, 5.74) is -0.257. The highest BCUT2D eigenvalue weighted by Gasteiger charge is 2.18. The number of ether oxygens (including phenoxy) is 1. The van der Waals surface area contributed by atoms with Crippen LogP contribution < -0.4 is 9.64 Å². The van der Waals surface area contributed by atoms with Crippen molar-refractivity contribution in [2.45, 2.75) is 6.92 Å². The molecule has 9 heteroatoms. The van der Waals surface area contributed by atoms with Crippen LogP contribution in [0.15, 0.2) is 18.2 Å². The van der Waals surface area contributed by atoms with Gasteiger partial charge >= 0.3 is 11.7 Å². The zero-order valence-electron chi connectivity index (χ0n) is 11.6. The average molecular weight is 310 g/mol. The number of aryl methyl sites for hydroxylation is 1. The first-order valence-electron chi connectivity index (χ1n) is 5.88. The molecule has 0 bridgehead atoms. The lowest BCUT2D eigenvalue weighted by molar-refractivity contribution is -0.385. The largest absolute Gasteiger partial charge is 0.417 e. The minimum absolute atomic E-state index is 0.0136. The number of hydrogen-bond donors (Lipinski definition) is 0. The Kier molecular flexibility index (Phi) is 4.18. The number of nitro groups is 1. The number of nitro benzene ring substituents is 1. The summed E-state index contributed by atoms with van der Waals surface area (Å²) in [5, 5.41) is 11.3. The molecule has 0 N–H and O–H groups in total. The van der Waals surface area contributed by atoms with Gasteiger partial charge in [0.05, 0.1) is 4.92 Å². The molecule has 21 heavy (non-hydrogen) atoms. The first kappa shape index (κ1) is 14.9. The second-order valence-corrected chi connectivity index (χ2v) is 4.77. The Balaban J connectivity index is 2.41. The molecular formula is C12H12ClN5O3. The van der Waals surface area contributed by atoms with Crippen molar-refractivity contribution in [1.82, 2.24) is 15.0 Å². The second-order valence-electron chi connectivity index (χ2n) is 4.33. The van der Waals surface area contributed by atoms with Gasteiger partial charge in [0.15, 0.2) is 0 Å². The molecule has 0 aliphatic heterocycles. The van der Waals surface area contributed by atoms with E-state index < -0.39 is 4.92 Å². The number of hydrogen-bond acceptors (Lipinski definition) is 7. The first-order valence-corrected chi connectivity index (χ1v) is 6.26. The second kappa shape index (κ2) is 5.88. The zero-order chi connectivity index (χ0) is 15.6. The van der Waals surface area contributed by atoms with E-state index in [2.05, 4.69) is 15.0 Å². The molecule has 0 spiro atoms. The molecule has 1 aromatic carbocycles. The predicted octanol–water partition coefficient (Wildman–Crippen LogP) is 2.60. The van der Waals surface area contributed by atoms with Gasteiger partial charge in [0.1, 0.15) is 5.82 Å². The molecule has 0 saturated heterocycles. The number of aromatic nitrogens is 3. The highest BCUT2D eigenvalue weighted by Crippen LogP contribution is 2.32. The fraction of sp³-hybridized carbons (Fsp3) is 0.250. The van der Waals surface area contributed by atoms with Gasteiger partial charge in [-0.1, -0.05) is 11.6 Å². The van der Waals surface area contributed by atoms with Crippen LogP contribution in [0.4, 0.5) is 11.6 Å². The van der Waals surface area contributed by atoms with Gasteiger partial charge in [-0.2, -0.15) is 15.0 Å². The van der Waals surface area contributed by atoms with Crippen LogP contribution in [-0.4, -0.2) is 34.0 Å². The maximum absolute atomic E-state index is 11.0. The van der Waals surface area contributed by atoms with E-state index in [9.17, 15) is 10.1 Å². The fourth-order valence-corrected chi connectivity index (χ4v) is 1.67. The summed E-state index contributed by atoms with van der Waals surface area (Å²) in [6.07, 6.45) is 0. The van der Waals surface area contributed by atoms with Crippen molar-refractivity contribution in [1.29, 1.82) is 0 Å². The first-order chi connectivity index (χ1) is 9.86. The molecule has 1 heterocycles. The van der Waals surface area contributed by atoms with E-state index in [1.807, 2.05) is 0 Å². The molecule has 0 amide bonds. The van der Waals surface area contributed by atoms with Gasteiger partial charge in [0, 0.05) is 25.2 Å². The molecule has 1 aromatic heterocycles. The number of benzene rings is 1. The molecule has 2 rings (SSSR count). The lowest BCUT2D eigenvalue weighted by Crippen LogP contribution is -2.14. The summed E-state index contributed by atoms with van der Waals surface area (Å²) in [6.45, 7) is 1.68. The summed E-state index contributed by atoms with van der Waals surface area (Å²) in [7, 11) is 3.53. The van der Waals surface area contributed by atoms with E-state index in [1.54, 1.807) is 25.9 Å². The molecule has 0 aliphatic carbocycles. The van der Waals surface area contributed by atoms with E-state index in [0.29, 0.717) is 11.8 Å². The van der Waals surface area contributed by atoms with Gasteiger partial charge in [0.25, 0.3) is 0 Å². The number of anilines is 1. The summed E-state index contributed by atoms with van der Waals surface area (Å²) >= 11 is 5.75. The van der Waals surface area contributed by atoms with Crippen LogP contribution in [0.1, 0.15) is 5.82 Å². The third kappa shape index (κ3) is 3.54. The molecule has 0 radical (unpaired) electrons. The van der Waals surface area contributed by atoms with E-state index in [4.69, 9.17) is 16.3 Å². The lowest BCUT2D eigenvalue weighted by atomic mass is 10.3. The minimum Gasteiger partial charge on any atom is -0.417 e. The van der Waals surface area contributed by atoms with E-state index in [1.165, 1.54) is 18.2 Å². The standard InChI is InChI=1S/C12H12ClN5O3/c1-7-14-11(17(2)3)16-12(15-7)21-10-5-4-8(13)6-9(10)18(19)20/h4-6H,1-3H3. The normalized spacial score (nSPS) is 10.3. The smallest absolute Gasteiger partial charge is 0.327 e. The third-order valence-electron chi connectivity index (χ3n) is 2.43. The Morgan fingerprint density at radius 2 is 2.00 bits per heavy atom. The van der Waals surface area contributed by atoms with Crippen LogP contribution in [0.2, 0.25) is 5.02 Å². The van der Waals surface area contributed by atoms with Crippen molar-refractivity contribution >= 4 is 23.2 Å². The predicted molar refractivity (Wildman–Crippen MR) is 77.1 cm³/mol. The van der Waals surface area contributed by atoms with E-state index in [-0.39, 0.29) is 22.5 Å². The fourth-order valence-electron chi connectivity index (χ4n) is 1.51. The third-order valence-corrected chi connectivity index (χ3v) is 2.67. The summed E-state index contributed by atoms with van der Waals surface area (Å²) in [5.74, 6) is 0.856. The molecule has 2 aromatic rings. The van der Waals surface area contributed by atoms with Crippen molar-refractivity contribution in [2.24, 2.45) is 0 Å². The number of rotatable bonds is 4. The Bertz CT molecular complexity index is 693. The molecule has 0 unspecified atom stereocenters. The van der Waals surface area contributed by atoms with Crippen molar-refractivity contribution in [3.05, 3.63) is 39.2 Å². The van der Waals surface area contributed by atoms with Crippen molar-refractivity contribution < 1.29 is 9.66 Å². The van der Waals surface area contributed by atoms with Crippen molar-refractivity contribution in [3.8, 4) is 11.8 Å². The topological polar surface area (TPSA) is 94.3 Å². The zero-order valence-corrected chi connectivity index (χ0v) is 12.3. The molecule has 0 saturated carbocycles. The van der Waals surface area contributed by atoms with Crippen LogP contribution in [0.3, 0.4) is 0 Å². The van der Waals surface area contributed by atoms with Gasteiger partial charge in [-0.15, -0.1) is 0 Å². The highest BCUT2D eigenvalue weighted by atomic mass is 35.5. The van der Waals surface area contributed by atoms with Gasteiger partial charge in [0.2, 0.25) is 11.7 Å². The van der Waals surface area contributed by atoms with E-state index >= 15 is 0 Å². The molecular weight excluding hydrogens is 298 g/mol. The Morgan fingerprint density at radius 3 is 2.62 bits per heavy atom. The Hall–Kier alpha value is -2.48. The molecule has 0 aliphatic rings.